The molecule has 2 rings (SSSR count). The number of aromatic nitrogens is 1. The van der Waals surface area contributed by atoms with Crippen molar-refractivity contribution >= 4 is 5.84 Å². The number of oxime groups is 1. The van der Waals surface area contributed by atoms with E-state index < -0.39 is 0 Å². The quantitative estimate of drug-likeness (QED) is 0.327. The smallest absolute Gasteiger partial charge is 0.170 e. The van der Waals surface area contributed by atoms with Gasteiger partial charge >= 0.3 is 0 Å². The first-order valence-corrected chi connectivity index (χ1v) is 5.97. The summed E-state index contributed by atoms with van der Waals surface area (Å²) in [6.07, 6.45) is 1.77. The second kappa shape index (κ2) is 6.51. The van der Waals surface area contributed by atoms with E-state index in [2.05, 4.69) is 15.5 Å². The summed E-state index contributed by atoms with van der Waals surface area (Å²) < 4.78 is 0. The monoisotopic (exact) mass is 256 g/mol. The highest BCUT2D eigenvalue weighted by molar-refractivity contribution is 5.98. The molecule has 0 aliphatic rings. The zero-order chi connectivity index (χ0) is 13.5. The van der Waals surface area contributed by atoms with E-state index in [9.17, 15) is 0 Å². The molecule has 2 aromatic rings. The molecule has 5 nitrogen and oxygen atoms in total. The Hall–Kier alpha value is -2.40. The second-order valence-electron chi connectivity index (χ2n) is 4.07. The fourth-order valence-electron chi connectivity index (χ4n) is 1.81. The Morgan fingerprint density at radius 1 is 1.16 bits per heavy atom. The third kappa shape index (κ3) is 3.53. The minimum atomic E-state index is 0.121. The van der Waals surface area contributed by atoms with Crippen LogP contribution < -0.4 is 11.1 Å². The van der Waals surface area contributed by atoms with Gasteiger partial charge in [0.2, 0.25) is 0 Å². The van der Waals surface area contributed by atoms with Crippen molar-refractivity contribution in [1.29, 1.82) is 0 Å². The molecular weight excluding hydrogens is 240 g/mol. The fourth-order valence-corrected chi connectivity index (χ4v) is 1.81. The van der Waals surface area contributed by atoms with Gasteiger partial charge in [0.05, 0.1) is 5.69 Å². The lowest BCUT2D eigenvalue weighted by Crippen LogP contribution is -2.20. The number of amidine groups is 1. The van der Waals surface area contributed by atoms with Gasteiger partial charge in [0.15, 0.2) is 5.84 Å². The minimum Gasteiger partial charge on any atom is -0.409 e. The highest BCUT2D eigenvalue weighted by atomic mass is 16.4. The van der Waals surface area contributed by atoms with Crippen LogP contribution in [-0.4, -0.2) is 16.0 Å². The molecule has 0 spiro atoms. The van der Waals surface area contributed by atoms with Crippen LogP contribution in [-0.2, 0) is 13.1 Å². The van der Waals surface area contributed by atoms with E-state index in [1.54, 1.807) is 6.20 Å². The van der Waals surface area contributed by atoms with Crippen LogP contribution in [0, 0.1) is 0 Å². The topological polar surface area (TPSA) is 83.5 Å². The van der Waals surface area contributed by atoms with Gasteiger partial charge in [-0.1, -0.05) is 35.5 Å². The van der Waals surface area contributed by atoms with Crippen molar-refractivity contribution in [1.82, 2.24) is 10.3 Å². The first kappa shape index (κ1) is 13.0. The molecule has 0 atom stereocenters. The molecule has 0 saturated heterocycles. The Morgan fingerprint density at radius 2 is 1.95 bits per heavy atom. The Kier molecular flexibility index (Phi) is 4.47. The van der Waals surface area contributed by atoms with Crippen molar-refractivity contribution in [2.75, 3.05) is 0 Å². The number of hydrogen-bond acceptors (Lipinski definition) is 4. The van der Waals surface area contributed by atoms with Crippen molar-refractivity contribution in [3.63, 3.8) is 0 Å². The molecule has 0 saturated carbocycles. The van der Waals surface area contributed by atoms with E-state index in [0.717, 1.165) is 16.8 Å². The third-order valence-electron chi connectivity index (χ3n) is 2.75. The van der Waals surface area contributed by atoms with Gasteiger partial charge in [-0.3, -0.25) is 4.98 Å². The summed E-state index contributed by atoms with van der Waals surface area (Å²) in [4.78, 5) is 4.23. The summed E-state index contributed by atoms with van der Waals surface area (Å²) in [5.41, 5.74) is 8.33. The number of hydrogen-bond donors (Lipinski definition) is 3. The molecule has 0 bridgehead atoms. The lowest BCUT2D eigenvalue weighted by Gasteiger charge is -2.09. The van der Waals surface area contributed by atoms with Gasteiger partial charge in [-0.25, -0.2) is 0 Å². The molecule has 4 N–H and O–H groups in total. The molecule has 0 fully saturated rings. The number of nitrogens with zero attached hydrogens (tertiary/aromatic N) is 2. The van der Waals surface area contributed by atoms with E-state index in [-0.39, 0.29) is 5.84 Å². The van der Waals surface area contributed by atoms with Crippen LogP contribution in [0.2, 0.25) is 0 Å². The summed E-state index contributed by atoms with van der Waals surface area (Å²) in [5.74, 6) is 0.121. The fraction of sp³-hybridized carbons (Fsp3) is 0.143. The molecule has 1 aromatic carbocycles. The van der Waals surface area contributed by atoms with Crippen LogP contribution in [0.15, 0.2) is 53.8 Å². The molecule has 0 aliphatic carbocycles. The van der Waals surface area contributed by atoms with Gasteiger partial charge in [-0.15, -0.1) is 0 Å². The Balaban J connectivity index is 2.00. The molecule has 0 radical (unpaired) electrons. The van der Waals surface area contributed by atoms with E-state index in [1.807, 2.05) is 42.5 Å². The van der Waals surface area contributed by atoms with Crippen LogP contribution in [0.1, 0.15) is 16.8 Å². The standard InChI is InChI=1S/C14H16N4O/c15-14(18-19)13-7-2-1-5-11(13)9-16-10-12-6-3-4-8-17-12/h1-8,16,19H,9-10H2,(H2,15,18). The Bertz CT molecular complexity index is 554. The van der Waals surface area contributed by atoms with Gasteiger partial charge < -0.3 is 16.3 Å². The van der Waals surface area contributed by atoms with Crippen molar-refractivity contribution in [2.45, 2.75) is 13.1 Å². The summed E-state index contributed by atoms with van der Waals surface area (Å²) >= 11 is 0. The van der Waals surface area contributed by atoms with E-state index in [4.69, 9.17) is 10.9 Å². The maximum Gasteiger partial charge on any atom is 0.170 e. The SMILES string of the molecule is NC(=NO)c1ccccc1CNCc1ccccn1. The summed E-state index contributed by atoms with van der Waals surface area (Å²) in [6, 6.07) is 13.3. The summed E-state index contributed by atoms with van der Waals surface area (Å²) in [6.45, 7) is 1.30. The van der Waals surface area contributed by atoms with Gasteiger partial charge in [-0.2, -0.15) is 0 Å². The highest BCUT2D eigenvalue weighted by Gasteiger charge is 2.05. The normalized spacial score (nSPS) is 11.5. The van der Waals surface area contributed by atoms with Crippen molar-refractivity contribution in [3.8, 4) is 0 Å². The average Bonchev–Trinajstić information content (AvgIpc) is 2.48. The highest BCUT2D eigenvalue weighted by Crippen LogP contribution is 2.08. The Labute approximate surface area is 111 Å². The first-order valence-electron chi connectivity index (χ1n) is 5.97. The summed E-state index contributed by atoms with van der Waals surface area (Å²) in [5, 5.41) is 15.1. The van der Waals surface area contributed by atoms with Gasteiger partial charge in [0.1, 0.15) is 0 Å². The van der Waals surface area contributed by atoms with Crippen LogP contribution in [0.3, 0.4) is 0 Å². The molecule has 0 aliphatic heterocycles. The largest absolute Gasteiger partial charge is 0.409 e. The predicted octanol–water partition coefficient (Wildman–Crippen LogP) is 1.47. The van der Waals surface area contributed by atoms with Gasteiger partial charge in [0, 0.05) is 24.8 Å². The van der Waals surface area contributed by atoms with Crippen LogP contribution in [0.25, 0.3) is 0 Å². The maximum absolute atomic E-state index is 8.75. The summed E-state index contributed by atoms with van der Waals surface area (Å²) in [7, 11) is 0. The molecule has 19 heavy (non-hydrogen) atoms. The Morgan fingerprint density at radius 3 is 2.68 bits per heavy atom. The zero-order valence-corrected chi connectivity index (χ0v) is 10.5. The molecule has 0 unspecified atom stereocenters. The van der Waals surface area contributed by atoms with Crippen molar-refractivity contribution < 1.29 is 5.21 Å². The third-order valence-corrected chi connectivity index (χ3v) is 2.75. The maximum atomic E-state index is 8.75. The van der Waals surface area contributed by atoms with Gasteiger partial charge in [-0.05, 0) is 17.7 Å². The molecule has 5 heteroatoms. The number of nitrogens with two attached hydrogens (primary N) is 1. The van der Waals surface area contributed by atoms with Gasteiger partial charge in [0.25, 0.3) is 0 Å². The van der Waals surface area contributed by atoms with E-state index in [0.29, 0.717) is 13.1 Å². The second-order valence-corrected chi connectivity index (χ2v) is 4.07. The van der Waals surface area contributed by atoms with Crippen LogP contribution >= 0.6 is 0 Å². The number of rotatable bonds is 5. The van der Waals surface area contributed by atoms with Crippen molar-refractivity contribution in [3.05, 3.63) is 65.5 Å². The minimum absolute atomic E-state index is 0.121. The van der Waals surface area contributed by atoms with Crippen LogP contribution in [0.5, 0.6) is 0 Å². The lowest BCUT2D eigenvalue weighted by atomic mass is 10.1. The first-order chi connectivity index (χ1) is 9.31. The molecule has 98 valence electrons. The lowest BCUT2D eigenvalue weighted by molar-refractivity contribution is 0.318. The van der Waals surface area contributed by atoms with Crippen LogP contribution in [0.4, 0.5) is 0 Å². The van der Waals surface area contributed by atoms with E-state index in [1.165, 1.54) is 0 Å². The predicted molar refractivity (Wildman–Crippen MR) is 73.7 cm³/mol. The zero-order valence-electron chi connectivity index (χ0n) is 10.5. The molecule has 1 aromatic heterocycles. The molecule has 0 amide bonds. The van der Waals surface area contributed by atoms with E-state index >= 15 is 0 Å². The van der Waals surface area contributed by atoms with Crippen molar-refractivity contribution in [2.24, 2.45) is 10.9 Å². The molecule has 1 heterocycles. The number of benzene rings is 1. The number of pyridine rings is 1. The molecular formula is C14H16N4O. The average molecular weight is 256 g/mol. The number of nitrogens with one attached hydrogen (secondary N) is 1.